The van der Waals surface area contributed by atoms with Gasteiger partial charge in [0.1, 0.15) is 0 Å². The molecular formula is C14H27NO4. The zero-order chi connectivity index (χ0) is 13.6. The van der Waals surface area contributed by atoms with Gasteiger partial charge in [-0.3, -0.25) is 0 Å². The largest absolute Gasteiger partial charge is 0.379 e. The van der Waals surface area contributed by atoms with Crippen molar-refractivity contribution in [1.29, 1.82) is 0 Å². The van der Waals surface area contributed by atoms with Gasteiger partial charge in [-0.25, -0.2) is 0 Å². The molecule has 112 valence electrons. The Kier molecular flexibility index (Phi) is 6.04. The summed E-state index contributed by atoms with van der Waals surface area (Å²) < 4.78 is 22.3. The van der Waals surface area contributed by atoms with Crippen LogP contribution in [0.3, 0.4) is 0 Å². The quantitative estimate of drug-likeness (QED) is 0.709. The van der Waals surface area contributed by atoms with Gasteiger partial charge in [0.2, 0.25) is 0 Å². The zero-order valence-corrected chi connectivity index (χ0v) is 12.2. The van der Waals surface area contributed by atoms with E-state index in [1.54, 1.807) is 0 Å². The van der Waals surface area contributed by atoms with Crippen LogP contribution in [0.15, 0.2) is 0 Å². The topological polar surface area (TPSA) is 49.0 Å². The van der Waals surface area contributed by atoms with Crippen LogP contribution in [0.1, 0.15) is 33.1 Å². The van der Waals surface area contributed by atoms with Gasteiger partial charge in [0.15, 0.2) is 5.79 Å². The van der Waals surface area contributed by atoms with Crippen molar-refractivity contribution < 1.29 is 18.9 Å². The highest BCUT2D eigenvalue weighted by Gasteiger charge is 2.27. The van der Waals surface area contributed by atoms with Gasteiger partial charge >= 0.3 is 0 Å². The molecule has 0 spiro atoms. The van der Waals surface area contributed by atoms with E-state index in [1.807, 2.05) is 13.8 Å². The molecule has 2 saturated heterocycles. The summed E-state index contributed by atoms with van der Waals surface area (Å²) in [4.78, 5) is 0. The van der Waals surface area contributed by atoms with Gasteiger partial charge in [-0.1, -0.05) is 0 Å². The van der Waals surface area contributed by atoms with Crippen LogP contribution in [0.2, 0.25) is 0 Å². The molecule has 2 rings (SSSR count). The molecule has 0 saturated carbocycles. The summed E-state index contributed by atoms with van der Waals surface area (Å²) in [5.41, 5.74) is 0. The van der Waals surface area contributed by atoms with Crippen molar-refractivity contribution in [1.82, 2.24) is 5.32 Å². The molecule has 0 aromatic carbocycles. The van der Waals surface area contributed by atoms with Gasteiger partial charge in [-0.2, -0.15) is 0 Å². The van der Waals surface area contributed by atoms with Gasteiger partial charge in [0.05, 0.1) is 32.0 Å². The Morgan fingerprint density at radius 2 is 2.05 bits per heavy atom. The molecule has 0 aliphatic carbocycles. The van der Waals surface area contributed by atoms with E-state index in [0.717, 1.165) is 39.2 Å². The first-order valence-corrected chi connectivity index (χ1v) is 7.36. The first-order chi connectivity index (χ1) is 9.16. The molecule has 0 bridgehead atoms. The number of hydrogen-bond acceptors (Lipinski definition) is 5. The summed E-state index contributed by atoms with van der Waals surface area (Å²) in [5, 5.41) is 3.43. The fourth-order valence-electron chi connectivity index (χ4n) is 2.28. The minimum atomic E-state index is -0.428. The van der Waals surface area contributed by atoms with Gasteiger partial charge in [0.25, 0.3) is 0 Å². The third kappa shape index (κ3) is 5.75. The van der Waals surface area contributed by atoms with E-state index in [4.69, 9.17) is 18.9 Å². The highest BCUT2D eigenvalue weighted by Crippen LogP contribution is 2.16. The van der Waals surface area contributed by atoms with E-state index in [0.29, 0.717) is 25.4 Å². The zero-order valence-electron chi connectivity index (χ0n) is 12.2. The number of hydrogen-bond donors (Lipinski definition) is 1. The van der Waals surface area contributed by atoms with Crippen LogP contribution in [0.25, 0.3) is 0 Å². The maximum Gasteiger partial charge on any atom is 0.162 e. The molecular weight excluding hydrogens is 246 g/mol. The number of rotatable bonds is 7. The SMILES string of the molecule is CC1(C)OCC(NCCCOCC2CCCO2)CO1. The predicted octanol–water partition coefficient (Wildman–Crippen LogP) is 1.31. The highest BCUT2D eigenvalue weighted by molar-refractivity contribution is 4.73. The maximum atomic E-state index is 5.61. The van der Waals surface area contributed by atoms with Gasteiger partial charge in [0, 0.05) is 13.2 Å². The second kappa shape index (κ2) is 7.55. The van der Waals surface area contributed by atoms with Crippen LogP contribution in [0.4, 0.5) is 0 Å². The van der Waals surface area contributed by atoms with E-state index in [-0.39, 0.29) is 0 Å². The second-order valence-corrected chi connectivity index (χ2v) is 5.74. The van der Waals surface area contributed by atoms with E-state index in [1.165, 1.54) is 6.42 Å². The molecule has 2 aliphatic heterocycles. The van der Waals surface area contributed by atoms with E-state index < -0.39 is 5.79 Å². The molecule has 0 amide bonds. The van der Waals surface area contributed by atoms with E-state index >= 15 is 0 Å². The van der Waals surface area contributed by atoms with Crippen LogP contribution >= 0.6 is 0 Å². The van der Waals surface area contributed by atoms with Gasteiger partial charge in [-0.15, -0.1) is 0 Å². The summed E-state index contributed by atoms with van der Waals surface area (Å²) in [6, 6.07) is 0.297. The number of ether oxygens (including phenoxy) is 4. The molecule has 0 aromatic rings. The first kappa shape index (κ1) is 15.2. The molecule has 1 unspecified atom stereocenters. The van der Waals surface area contributed by atoms with Crippen LogP contribution in [0.5, 0.6) is 0 Å². The standard InChI is InChI=1S/C14H27NO4/c1-14(2)18-9-12(10-19-14)15-6-4-7-16-11-13-5-3-8-17-13/h12-13,15H,3-11H2,1-2H3. The molecule has 2 fully saturated rings. The van der Waals surface area contributed by atoms with Crippen molar-refractivity contribution in [3.8, 4) is 0 Å². The number of nitrogens with one attached hydrogen (secondary N) is 1. The van der Waals surface area contributed by atoms with Gasteiger partial charge in [-0.05, 0) is 39.7 Å². The van der Waals surface area contributed by atoms with Crippen molar-refractivity contribution in [2.45, 2.75) is 51.0 Å². The fraction of sp³-hybridized carbons (Fsp3) is 1.00. The minimum Gasteiger partial charge on any atom is -0.379 e. The third-order valence-electron chi connectivity index (χ3n) is 3.49. The maximum absolute atomic E-state index is 5.61. The summed E-state index contributed by atoms with van der Waals surface area (Å²) in [7, 11) is 0. The average Bonchev–Trinajstić information content (AvgIpc) is 2.88. The lowest BCUT2D eigenvalue weighted by atomic mass is 10.2. The van der Waals surface area contributed by atoms with Crippen LogP contribution < -0.4 is 5.32 Å². The molecule has 1 atom stereocenters. The average molecular weight is 273 g/mol. The van der Waals surface area contributed by atoms with Crippen molar-refractivity contribution >= 4 is 0 Å². The van der Waals surface area contributed by atoms with Crippen molar-refractivity contribution in [2.24, 2.45) is 0 Å². The molecule has 1 N–H and O–H groups in total. The summed E-state index contributed by atoms with van der Waals surface area (Å²) in [5.74, 6) is -0.428. The Morgan fingerprint density at radius 1 is 1.26 bits per heavy atom. The van der Waals surface area contributed by atoms with Crippen molar-refractivity contribution in [3.05, 3.63) is 0 Å². The lowest BCUT2D eigenvalue weighted by molar-refractivity contribution is -0.252. The second-order valence-electron chi connectivity index (χ2n) is 5.74. The van der Waals surface area contributed by atoms with E-state index in [9.17, 15) is 0 Å². The summed E-state index contributed by atoms with van der Waals surface area (Å²) in [6.07, 6.45) is 3.65. The minimum absolute atomic E-state index is 0.297. The Hall–Kier alpha value is -0.200. The van der Waals surface area contributed by atoms with Crippen LogP contribution in [-0.4, -0.2) is 57.5 Å². The summed E-state index contributed by atoms with van der Waals surface area (Å²) >= 11 is 0. The molecule has 2 aliphatic rings. The normalized spacial score (nSPS) is 27.8. The molecule has 2 heterocycles. The lowest BCUT2D eigenvalue weighted by Crippen LogP contribution is -2.48. The molecule has 5 nitrogen and oxygen atoms in total. The predicted molar refractivity (Wildman–Crippen MR) is 72.2 cm³/mol. The monoisotopic (exact) mass is 273 g/mol. The summed E-state index contributed by atoms with van der Waals surface area (Å²) in [6.45, 7) is 8.67. The Labute approximate surface area is 115 Å². The van der Waals surface area contributed by atoms with Crippen molar-refractivity contribution in [3.63, 3.8) is 0 Å². The van der Waals surface area contributed by atoms with Crippen molar-refractivity contribution in [2.75, 3.05) is 39.6 Å². The van der Waals surface area contributed by atoms with Gasteiger partial charge < -0.3 is 24.3 Å². The molecule has 5 heteroatoms. The Bertz CT molecular complexity index is 244. The van der Waals surface area contributed by atoms with Crippen LogP contribution in [0, 0.1) is 0 Å². The third-order valence-corrected chi connectivity index (χ3v) is 3.49. The fourth-order valence-corrected chi connectivity index (χ4v) is 2.28. The molecule has 0 radical (unpaired) electrons. The molecule has 0 aromatic heterocycles. The van der Waals surface area contributed by atoms with Crippen LogP contribution in [-0.2, 0) is 18.9 Å². The molecule has 19 heavy (non-hydrogen) atoms. The Balaban J connectivity index is 1.42. The Morgan fingerprint density at radius 3 is 2.74 bits per heavy atom. The smallest absolute Gasteiger partial charge is 0.162 e. The lowest BCUT2D eigenvalue weighted by Gasteiger charge is -2.35. The highest BCUT2D eigenvalue weighted by atomic mass is 16.7. The van der Waals surface area contributed by atoms with E-state index in [2.05, 4.69) is 5.32 Å². The first-order valence-electron chi connectivity index (χ1n) is 7.36.